The first-order valence-electron chi connectivity index (χ1n) is 18.8. The van der Waals surface area contributed by atoms with Crippen LogP contribution in [0.25, 0.3) is 103 Å². The quantitative estimate of drug-likeness (QED) is 0.165. The molecule has 0 amide bonds. The van der Waals surface area contributed by atoms with Gasteiger partial charge < -0.3 is 13.4 Å². The number of thiophene rings is 1. The van der Waals surface area contributed by atoms with Crippen molar-refractivity contribution in [3.05, 3.63) is 183 Å². The third-order valence-electron chi connectivity index (χ3n) is 10.8. The molecule has 0 aliphatic rings. The average Bonchev–Trinajstić information content (AvgIpc) is 4.14. The van der Waals surface area contributed by atoms with Gasteiger partial charge in [0.1, 0.15) is 11.2 Å². The molecule has 0 saturated carbocycles. The number of rotatable bonds is 4. The van der Waals surface area contributed by atoms with Crippen LogP contribution in [0.4, 0.5) is 0 Å². The number of fused-ring (bicyclic) bond motifs is 12. The zero-order chi connectivity index (χ0) is 38.2. The summed E-state index contributed by atoms with van der Waals surface area (Å²) in [7, 11) is 0. The summed E-state index contributed by atoms with van der Waals surface area (Å²) < 4.78 is 18.9. The average molecular weight is 973 g/mol. The van der Waals surface area contributed by atoms with Crippen molar-refractivity contribution >= 4 is 92.4 Å². The number of para-hydroxylation sites is 3. The Kier molecular flexibility index (Phi) is 8.60. The fourth-order valence-corrected chi connectivity index (χ4v) is 10.1. The summed E-state index contributed by atoms with van der Waals surface area (Å²) in [6, 6.07) is 56.3. The van der Waals surface area contributed by atoms with Gasteiger partial charge in [0.15, 0.2) is 0 Å². The number of furan rings is 1. The van der Waals surface area contributed by atoms with Crippen molar-refractivity contribution in [1.29, 1.82) is 0 Å². The third-order valence-corrected chi connectivity index (χ3v) is 12.8. The van der Waals surface area contributed by atoms with Crippen molar-refractivity contribution in [3.63, 3.8) is 0 Å². The van der Waals surface area contributed by atoms with Gasteiger partial charge in [0, 0.05) is 75.5 Å². The fraction of sp³-hybridized carbons (Fsp3) is 0. The van der Waals surface area contributed by atoms with E-state index in [4.69, 9.17) is 4.42 Å². The Hall–Kier alpha value is -6.68. The predicted octanol–water partition coefficient (Wildman–Crippen LogP) is 13.0. The maximum absolute atomic E-state index is 6.10. The second-order valence-electron chi connectivity index (χ2n) is 14.1. The van der Waals surface area contributed by atoms with Crippen molar-refractivity contribution < 1.29 is 24.5 Å². The molecule has 7 aromatic heterocycles. The first-order valence-corrected chi connectivity index (χ1v) is 20.4. The Balaban J connectivity index is 0.000000287. The van der Waals surface area contributed by atoms with Gasteiger partial charge in [-0.05, 0) is 83.0 Å². The molecule has 13 rings (SSSR count). The molecule has 59 heavy (non-hydrogen) atoms. The summed E-state index contributed by atoms with van der Waals surface area (Å²) in [5.74, 6) is 0. The van der Waals surface area contributed by atoms with Gasteiger partial charge in [-0.3, -0.25) is 9.20 Å². The zero-order valence-electron chi connectivity index (χ0n) is 30.9. The molecule has 0 spiro atoms. The van der Waals surface area contributed by atoms with Crippen LogP contribution in [-0.2, 0) is 20.1 Å². The minimum absolute atomic E-state index is 0. The van der Waals surface area contributed by atoms with E-state index in [-0.39, 0.29) is 20.1 Å². The molecule has 7 heterocycles. The van der Waals surface area contributed by atoms with E-state index in [0.29, 0.717) is 0 Å². The van der Waals surface area contributed by atoms with Crippen LogP contribution in [0.2, 0.25) is 0 Å². The van der Waals surface area contributed by atoms with Gasteiger partial charge in [0.25, 0.3) is 0 Å². The second-order valence-corrected chi connectivity index (χ2v) is 15.9. The molecule has 0 aliphatic heterocycles. The van der Waals surface area contributed by atoms with Gasteiger partial charge in [-0.2, -0.15) is 46.0 Å². The van der Waals surface area contributed by atoms with Crippen molar-refractivity contribution in [3.8, 4) is 32.9 Å². The minimum atomic E-state index is 0. The molecule has 0 bridgehead atoms. The fourth-order valence-electron chi connectivity index (χ4n) is 8.14. The number of pyridine rings is 1. The molecule has 0 aliphatic carbocycles. The summed E-state index contributed by atoms with van der Waals surface area (Å²) in [4.78, 5) is 1.22. The van der Waals surface area contributed by atoms with E-state index >= 15 is 0 Å². The van der Waals surface area contributed by atoms with Crippen LogP contribution >= 0.6 is 22.9 Å². The van der Waals surface area contributed by atoms with E-state index in [1.165, 1.54) is 65.0 Å². The van der Waals surface area contributed by atoms with Gasteiger partial charge in [-0.15, -0.1) is 23.6 Å². The Labute approximate surface area is 358 Å². The molecular formula is C49H28IrN6OS2-2. The van der Waals surface area contributed by atoms with Gasteiger partial charge in [0.2, 0.25) is 0 Å². The van der Waals surface area contributed by atoms with Crippen LogP contribution in [-0.4, -0.2) is 28.3 Å². The SMILES string of the molecule is [Ir].[c-]1ccccc1-n1cccn1.[c-]1nsc2c3cc(-c4cccc(-n5c6ccccc6c6cc(-c7ccc8oc9ccccc9c8c7)ccc65)c4)sc3c3ccnn3c12. The first kappa shape index (κ1) is 35.5. The van der Waals surface area contributed by atoms with E-state index in [1.807, 2.05) is 59.4 Å². The molecule has 7 nitrogen and oxygen atoms in total. The summed E-state index contributed by atoms with van der Waals surface area (Å²) in [6.45, 7) is 0. The molecule has 283 valence electrons. The molecule has 10 heteroatoms. The maximum Gasteiger partial charge on any atom is 0.135 e. The van der Waals surface area contributed by atoms with E-state index in [0.717, 1.165) is 49.0 Å². The smallest absolute Gasteiger partial charge is 0.135 e. The number of aromatic nitrogens is 6. The van der Waals surface area contributed by atoms with Crippen LogP contribution in [0.5, 0.6) is 0 Å². The number of nitrogens with zero attached hydrogens (tertiary/aromatic N) is 6. The van der Waals surface area contributed by atoms with E-state index < -0.39 is 0 Å². The van der Waals surface area contributed by atoms with Crippen LogP contribution in [0.15, 0.2) is 175 Å². The maximum atomic E-state index is 6.10. The van der Waals surface area contributed by atoms with Gasteiger partial charge in [-0.25, -0.2) is 0 Å². The summed E-state index contributed by atoms with van der Waals surface area (Å²) in [5.41, 5.74) is 11.9. The number of hydrogen-bond donors (Lipinski definition) is 0. The van der Waals surface area contributed by atoms with E-state index in [1.54, 1.807) is 22.2 Å². The monoisotopic (exact) mass is 973 g/mol. The molecule has 0 atom stereocenters. The Morgan fingerprint density at radius 1 is 0.559 bits per heavy atom. The molecule has 0 fully saturated rings. The third kappa shape index (κ3) is 5.83. The van der Waals surface area contributed by atoms with Crippen molar-refractivity contribution in [1.82, 2.24) is 28.3 Å². The molecule has 13 aromatic rings. The topological polar surface area (TPSA) is 66.1 Å². The van der Waals surface area contributed by atoms with Crippen molar-refractivity contribution in [2.45, 2.75) is 0 Å². The molecular weight excluding hydrogens is 945 g/mol. The van der Waals surface area contributed by atoms with Crippen LogP contribution in [0, 0.1) is 12.3 Å². The van der Waals surface area contributed by atoms with Crippen molar-refractivity contribution in [2.75, 3.05) is 0 Å². The predicted molar refractivity (Wildman–Crippen MR) is 237 cm³/mol. The normalized spacial score (nSPS) is 11.6. The molecule has 0 N–H and O–H groups in total. The number of hydrogen-bond acceptors (Lipinski definition) is 6. The van der Waals surface area contributed by atoms with Crippen molar-refractivity contribution in [2.24, 2.45) is 0 Å². The van der Waals surface area contributed by atoms with Crippen LogP contribution in [0.1, 0.15) is 0 Å². The Morgan fingerprint density at radius 2 is 1.37 bits per heavy atom. The van der Waals surface area contributed by atoms with Crippen LogP contribution in [0.3, 0.4) is 0 Å². The van der Waals surface area contributed by atoms with Gasteiger partial charge in [-0.1, -0.05) is 82.3 Å². The molecule has 1 radical (unpaired) electrons. The standard InChI is InChI=1S/C40H21N4OS2.C9H7N2.Ir/c1-3-10-32-27(8-1)29-19-23(24-13-15-37-30(20-24)28-9-2-4-11-36(28)45-37)12-14-33(29)43(32)26-7-5-6-25(18-26)38-21-31-39(46-38)34-16-17-41-44(34)35-22-42-47-40(31)35;1-2-5-9(6-3-1)11-8-4-7-10-11;/h1-21H;1-5,7-8H;/q2*-1;. The molecule has 0 saturated heterocycles. The molecule has 0 unspecified atom stereocenters. The van der Waals surface area contributed by atoms with E-state index in [2.05, 4.69) is 141 Å². The summed E-state index contributed by atoms with van der Waals surface area (Å²) in [5, 5.41) is 14.6. The number of benzene rings is 6. The minimum Gasteiger partial charge on any atom is -0.456 e. The molecule has 6 aromatic carbocycles. The zero-order valence-corrected chi connectivity index (χ0v) is 34.9. The first-order chi connectivity index (χ1) is 28.7. The summed E-state index contributed by atoms with van der Waals surface area (Å²) >= 11 is 3.29. The Bertz CT molecular complexity index is 3580. The Morgan fingerprint density at radius 3 is 2.25 bits per heavy atom. The van der Waals surface area contributed by atoms with Gasteiger partial charge in [0.05, 0.1) is 16.6 Å². The van der Waals surface area contributed by atoms with Gasteiger partial charge >= 0.3 is 0 Å². The second kappa shape index (κ2) is 14.3. The van der Waals surface area contributed by atoms with Crippen LogP contribution < -0.4 is 0 Å². The van der Waals surface area contributed by atoms with E-state index in [9.17, 15) is 0 Å². The summed E-state index contributed by atoms with van der Waals surface area (Å²) in [6.07, 6.45) is 8.64. The largest absolute Gasteiger partial charge is 0.456 e.